The molecule has 2 N–H and O–H groups in total. The van der Waals surface area contributed by atoms with Crippen LogP contribution in [0.3, 0.4) is 0 Å². The highest BCUT2D eigenvalue weighted by Crippen LogP contribution is 2.36. The summed E-state index contributed by atoms with van der Waals surface area (Å²) in [6.45, 7) is 3.90. The molecular formula is C22H25ClFN3O. The molecule has 1 amide bonds. The minimum absolute atomic E-state index is 0.0143. The van der Waals surface area contributed by atoms with E-state index in [1.54, 1.807) is 6.07 Å². The van der Waals surface area contributed by atoms with Gasteiger partial charge in [-0.25, -0.2) is 4.39 Å². The lowest BCUT2D eigenvalue weighted by Gasteiger charge is -2.36. The quantitative estimate of drug-likeness (QED) is 0.708. The molecule has 0 bridgehead atoms. The van der Waals surface area contributed by atoms with E-state index in [0.717, 1.165) is 56.0 Å². The number of amides is 1. The molecule has 1 saturated heterocycles. The highest BCUT2D eigenvalue weighted by Gasteiger charge is 2.30. The van der Waals surface area contributed by atoms with E-state index in [4.69, 9.17) is 11.6 Å². The molecule has 148 valence electrons. The Morgan fingerprint density at radius 3 is 2.93 bits per heavy atom. The number of nitrogens with zero attached hydrogens (tertiary/aromatic N) is 1. The Hall–Kier alpha value is -1.95. The highest BCUT2D eigenvalue weighted by atomic mass is 35.5. The maximum Gasteiger partial charge on any atom is 0.232 e. The summed E-state index contributed by atoms with van der Waals surface area (Å²) in [5.41, 5.74) is 2.79. The third-order valence-electron chi connectivity index (χ3n) is 5.74. The molecule has 2 aromatic carbocycles. The zero-order valence-corrected chi connectivity index (χ0v) is 16.5. The van der Waals surface area contributed by atoms with E-state index in [2.05, 4.69) is 21.6 Å². The Morgan fingerprint density at radius 2 is 2.07 bits per heavy atom. The lowest BCUT2D eigenvalue weighted by atomic mass is 9.94. The fourth-order valence-corrected chi connectivity index (χ4v) is 4.51. The van der Waals surface area contributed by atoms with Gasteiger partial charge in [0.2, 0.25) is 5.91 Å². The molecular weight excluding hydrogens is 377 g/mol. The third-order valence-corrected chi connectivity index (χ3v) is 5.98. The minimum atomic E-state index is -0.314. The fraction of sp³-hybridized carbons (Fsp3) is 0.409. The van der Waals surface area contributed by atoms with Gasteiger partial charge in [0.1, 0.15) is 5.82 Å². The first-order valence-electron chi connectivity index (χ1n) is 9.92. The van der Waals surface area contributed by atoms with Crippen molar-refractivity contribution in [1.82, 2.24) is 10.2 Å². The van der Waals surface area contributed by atoms with Gasteiger partial charge in [-0.15, -0.1) is 0 Å². The van der Waals surface area contributed by atoms with Gasteiger partial charge in [0.05, 0.1) is 5.92 Å². The first kappa shape index (κ1) is 19.4. The first-order valence-corrected chi connectivity index (χ1v) is 10.3. The summed E-state index contributed by atoms with van der Waals surface area (Å²) in [5, 5.41) is 7.04. The van der Waals surface area contributed by atoms with Crippen LogP contribution in [-0.4, -0.2) is 37.0 Å². The molecule has 1 fully saturated rings. The van der Waals surface area contributed by atoms with Gasteiger partial charge in [-0.2, -0.15) is 0 Å². The number of hydrogen-bond acceptors (Lipinski definition) is 3. The summed E-state index contributed by atoms with van der Waals surface area (Å²) in [6, 6.07) is 13.0. The number of piperazine rings is 1. The summed E-state index contributed by atoms with van der Waals surface area (Å²) in [7, 11) is 0. The second-order valence-corrected chi connectivity index (χ2v) is 8.02. The number of anilines is 1. The smallest absolute Gasteiger partial charge is 0.232 e. The Bertz CT molecular complexity index is 859. The summed E-state index contributed by atoms with van der Waals surface area (Å²) >= 11 is 6.18. The molecule has 0 spiro atoms. The molecule has 0 saturated carbocycles. The predicted octanol–water partition coefficient (Wildman–Crippen LogP) is 4.33. The number of benzene rings is 2. The SMILES string of the molecule is O=C1Nc2cc(F)ccc2C1CCCCN1CCNCC1c1cccc(Cl)c1. The lowest BCUT2D eigenvalue weighted by Crippen LogP contribution is -2.46. The van der Waals surface area contributed by atoms with Gasteiger partial charge in [-0.05, 0) is 54.8 Å². The van der Waals surface area contributed by atoms with Crippen LogP contribution in [0.2, 0.25) is 5.02 Å². The summed E-state index contributed by atoms with van der Waals surface area (Å²) in [5.74, 6) is -0.493. The summed E-state index contributed by atoms with van der Waals surface area (Å²) in [4.78, 5) is 14.7. The van der Waals surface area contributed by atoms with E-state index in [1.807, 2.05) is 18.2 Å². The fourth-order valence-electron chi connectivity index (χ4n) is 4.31. The number of rotatable bonds is 6. The molecule has 6 heteroatoms. The van der Waals surface area contributed by atoms with Crippen molar-refractivity contribution in [2.24, 2.45) is 0 Å². The Labute approximate surface area is 170 Å². The van der Waals surface area contributed by atoms with Gasteiger partial charge >= 0.3 is 0 Å². The van der Waals surface area contributed by atoms with E-state index in [1.165, 1.54) is 17.7 Å². The van der Waals surface area contributed by atoms with E-state index < -0.39 is 0 Å². The molecule has 2 aromatic rings. The molecule has 0 aromatic heterocycles. The Morgan fingerprint density at radius 1 is 1.18 bits per heavy atom. The largest absolute Gasteiger partial charge is 0.325 e. The number of unbranched alkanes of at least 4 members (excludes halogenated alkanes) is 1. The van der Waals surface area contributed by atoms with Gasteiger partial charge in [-0.1, -0.05) is 36.2 Å². The molecule has 2 unspecified atom stereocenters. The molecule has 0 radical (unpaired) electrons. The third kappa shape index (κ3) is 4.22. The van der Waals surface area contributed by atoms with E-state index in [9.17, 15) is 9.18 Å². The monoisotopic (exact) mass is 401 g/mol. The molecule has 2 aliphatic rings. The number of hydrogen-bond donors (Lipinski definition) is 2. The lowest BCUT2D eigenvalue weighted by molar-refractivity contribution is -0.117. The molecule has 4 rings (SSSR count). The zero-order valence-electron chi connectivity index (χ0n) is 15.8. The van der Waals surface area contributed by atoms with Crippen molar-refractivity contribution >= 4 is 23.2 Å². The first-order chi connectivity index (χ1) is 13.6. The molecule has 0 aliphatic carbocycles. The number of nitrogens with one attached hydrogen (secondary N) is 2. The predicted molar refractivity (Wildman–Crippen MR) is 110 cm³/mol. The Balaban J connectivity index is 1.33. The zero-order chi connectivity index (χ0) is 19.5. The molecule has 28 heavy (non-hydrogen) atoms. The van der Waals surface area contributed by atoms with Gasteiger partial charge in [0, 0.05) is 36.4 Å². The van der Waals surface area contributed by atoms with Crippen LogP contribution < -0.4 is 10.6 Å². The molecule has 2 heterocycles. The van der Waals surface area contributed by atoms with Crippen molar-refractivity contribution in [3.05, 3.63) is 64.4 Å². The average Bonchev–Trinajstić information content (AvgIpc) is 2.99. The number of carbonyl (C=O) groups is 1. The summed E-state index contributed by atoms with van der Waals surface area (Å²) < 4.78 is 13.4. The second-order valence-electron chi connectivity index (χ2n) is 7.58. The average molecular weight is 402 g/mol. The van der Waals surface area contributed by atoms with Crippen LogP contribution in [0, 0.1) is 5.82 Å². The van der Waals surface area contributed by atoms with Crippen molar-refractivity contribution in [1.29, 1.82) is 0 Å². The molecule has 4 nitrogen and oxygen atoms in total. The van der Waals surface area contributed by atoms with Crippen LogP contribution in [0.4, 0.5) is 10.1 Å². The van der Waals surface area contributed by atoms with Crippen molar-refractivity contribution < 1.29 is 9.18 Å². The van der Waals surface area contributed by atoms with Crippen molar-refractivity contribution in [2.45, 2.75) is 31.2 Å². The van der Waals surface area contributed by atoms with Crippen LogP contribution >= 0.6 is 11.6 Å². The maximum atomic E-state index is 13.4. The standard InChI is InChI=1S/C22H25ClFN3O/c23-16-5-3-4-15(12-16)21-14-25-9-11-27(21)10-2-1-6-19-18-8-7-17(24)13-20(18)26-22(19)28/h3-5,7-8,12-13,19,21,25H,1-2,6,9-11,14H2,(H,26,28). The van der Waals surface area contributed by atoms with Gasteiger partial charge in [0.25, 0.3) is 0 Å². The van der Waals surface area contributed by atoms with Gasteiger partial charge < -0.3 is 10.6 Å². The molecule has 2 aliphatic heterocycles. The summed E-state index contributed by atoms with van der Waals surface area (Å²) in [6.07, 6.45) is 2.77. The topological polar surface area (TPSA) is 44.4 Å². The number of fused-ring (bicyclic) bond motifs is 1. The van der Waals surface area contributed by atoms with E-state index in [0.29, 0.717) is 11.7 Å². The molecule has 2 atom stereocenters. The van der Waals surface area contributed by atoms with Crippen LogP contribution in [0.5, 0.6) is 0 Å². The van der Waals surface area contributed by atoms with Crippen LogP contribution in [0.25, 0.3) is 0 Å². The van der Waals surface area contributed by atoms with Gasteiger partial charge in [-0.3, -0.25) is 9.69 Å². The van der Waals surface area contributed by atoms with Crippen molar-refractivity contribution in [3.8, 4) is 0 Å². The van der Waals surface area contributed by atoms with Crippen LogP contribution in [-0.2, 0) is 4.79 Å². The number of halogens is 2. The van der Waals surface area contributed by atoms with E-state index in [-0.39, 0.29) is 17.6 Å². The van der Waals surface area contributed by atoms with Crippen LogP contribution in [0.15, 0.2) is 42.5 Å². The van der Waals surface area contributed by atoms with Crippen LogP contribution in [0.1, 0.15) is 42.3 Å². The van der Waals surface area contributed by atoms with Crippen molar-refractivity contribution in [2.75, 3.05) is 31.5 Å². The van der Waals surface area contributed by atoms with Gasteiger partial charge in [0.15, 0.2) is 0 Å². The maximum absolute atomic E-state index is 13.4. The van der Waals surface area contributed by atoms with Crippen molar-refractivity contribution in [3.63, 3.8) is 0 Å². The normalized spacial score (nSPS) is 22.1. The Kier molecular flexibility index (Phi) is 5.95. The number of carbonyl (C=O) groups excluding carboxylic acids is 1. The second kappa shape index (κ2) is 8.60. The minimum Gasteiger partial charge on any atom is -0.325 e. The highest BCUT2D eigenvalue weighted by molar-refractivity contribution is 6.30. The van der Waals surface area contributed by atoms with E-state index >= 15 is 0 Å².